The number of nitro groups is 1. The fourth-order valence-electron chi connectivity index (χ4n) is 1.49. The number of aromatic hydroxyl groups is 2. The van der Waals surface area contributed by atoms with Crippen molar-refractivity contribution >= 4 is 40.3 Å². The lowest BCUT2D eigenvalue weighted by Crippen LogP contribution is -1.89. The molecule has 21 heavy (non-hydrogen) atoms. The Labute approximate surface area is 128 Å². The summed E-state index contributed by atoms with van der Waals surface area (Å²) in [4.78, 5) is 10.3. The average Bonchev–Trinajstić information content (AvgIpc) is 2.38. The first kappa shape index (κ1) is 15.0. The zero-order chi connectivity index (χ0) is 15.6. The van der Waals surface area contributed by atoms with Crippen LogP contribution in [-0.4, -0.2) is 15.1 Å². The molecule has 0 spiro atoms. The topological polar surface area (TPSA) is 108 Å². The van der Waals surface area contributed by atoms with E-state index in [9.17, 15) is 15.2 Å². The van der Waals surface area contributed by atoms with Crippen LogP contribution >= 0.6 is 23.2 Å². The van der Waals surface area contributed by atoms with Crippen LogP contribution in [0.1, 0.15) is 0 Å². The summed E-state index contributed by atoms with van der Waals surface area (Å²) in [5, 5.41) is 37.1. The van der Waals surface area contributed by atoms with Crippen LogP contribution < -0.4 is 0 Å². The Morgan fingerprint density at radius 2 is 1.81 bits per heavy atom. The predicted molar refractivity (Wildman–Crippen MR) is 77.1 cm³/mol. The second-order valence-corrected chi connectivity index (χ2v) is 4.73. The van der Waals surface area contributed by atoms with Gasteiger partial charge in [-0.3, -0.25) is 10.1 Å². The van der Waals surface area contributed by atoms with Crippen molar-refractivity contribution in [3.8, 4) is 11.5 Å². The van der Waals surface area contributed by atoms with Crippen molar-refractivity contribution in [1.29, 1.82) is 0 Å². The number of phenolic OH excluding ortho intramolecular Hbond substituents is 2. The largest absolute Gasteiger partial charge is 0.508 e. The molecule has 0 amide bonds. The fraction of sp³-hybridized carbons (Fsp3) is 0. The molecule has 0 aliphatic heterocycles. The van der Waals surface area contributed by atoms with Gasteiger partial charge in [0.1, 0.15) is 17.2 Å². The number of nitro benzene ring substituents is 1. The molecular formula is C12H7Cl2N3O4. The third kappa shape index (κ3) is 3.39. The van der Waals surface area contributed by atoms with Gasteiger partial charge in [-0.1, -0.05) is 23.2 Å². The highest BCUT2D eigenvalue weighted by Gasteiger charge is 2.18. The van der Waals surface area contributed by atoms with Gasteiger partial charge in [0, 0.05) is 17.2 Å². The molecule has 2 aromatic carbocycles. The number of hydrogen-bond donors (Lipinski definition) is 2. The number of benzene rings is 2. The van der Waals surface area contributed by atoms with Crippen LogP contribution in [0, 0.1) is 10.1 Å². The molecule has 108 valence electrons. The minimum atomic E-state index is -0.692. The molecule has 0 aliphatic rings. The van der Waals surface area contributed by atoms with Crippen LogP contribution in [0.15, 0.2) is 40.6 Å². The molecule has 0 aliphatic carbocycles. The highest BCUT2D eigenvalue weighted by molar-refractivity contribution is 6.36. The van der Waals surface area contributed by atoms with Crippen LogP contribution in [-0.2, 0) is 0 Å². The van der Waals surface area contributed by atoms with E-state index in [1.54, 1.807) is 0 Å². The summed E-state index contributed by atoms with van der Waals surface area (Å²) in [6, 6.07) is 6.03. The third-order valence-corrected chi connectivity index (χ3v) is 2.93. The highest BCUT2D eigenvalue weighted by atomic mass is 35.5. The molecule has 0 saturated heterocycles. The van der Waals surface area contributed by atoms with Gasteiger partial charge in [0.15, 0.2) is 5.69 Å². The van der Waals surface area contributed by atoms with Crippen LogP contribution in [0.5, 0.6) is 11.5 Å². The molecule has 0 bridgehead atoms. The van der Waals surface area contributed by atoms with Gasteiger partial charge in [0.05, 0.1) is 9.95 Å². The lowest BCUT2D eigenvalue weighted by atomic mass is 10.2. The SMILES string of the molecule is O=[N+]([O-])c1cc(Cl)cc(Cl)c1N=Nc1ccc(O)cc1O. The van der Waals surface area contributed by atoms with Crippen molar-refractivity contribution in [2.75, 3.05) is 0 Å². The Balaban J connectivity index is 2.48. The van der Waals surface area contributed by atoms with E-state index in [0.717, 1.165) is 12.1 Å². The van der Waals surface area contributed by atoms with Gasteiger partial charge in [0.25, 0.3) is 5.69 Å². The van der Waals surface area contributed by atoms with Gasteiger partial charge in [-0.25, -0.2) is 0 Å². The average molecular weight is 328 g/mol. The molecule has 0 aromatic heterocycles. The van der Waals surface area contributed by atoms with E-state index >= 15 is 0 Å². The third-order valence-electron chi connectivity index (χ3n) is 2.42. The van der Waals surface area contributed by atoms with E-state index in [1.807, 2.05) is 0 Å². The summed E-state index contributed by atoms with van der Waals surface area (Å²) in [5.74, 6) is -0.478. The number of hydrogen-bond acceptors (Lipinski definition) is 6. The zero-order valence-electron chi connectivity index (χ0n) is 10.2. The van der Waals surface area contributed by atoms with Gasteiger partial charge in [-0.2, -0.15) is 0 Å². The summed E-state index contributed by atoms with van der Waals surface area (Å²) in [7, 11) is 0. The predicted octanol–water partition coefficient (Wildman–Crippen LogP) is 4.73. The van der Waals surface area contributed by atoms with Crippen molar-refractivity contribution < 1.29 is 15.1 Å². The van der Waals surface area contributed by atoms with Gasteiger partial charge >= 0.3 is 0 Å². The Kier molecular flexibility index (Phi) is 4.25. The molecule has 7 nitrogen and oxygen atoms in total. The van der Waals surface area contributed by atoms with E-state index in [4.69, 9.17) is 28.3 Å². The van der Waals surface area contributed by atoms with Gasteiger partial charge in [-0.05, 0) is 18.2 Å². The first-order valence-electron chi connectivity index (χ1n) is 5.45. The quantitative estimate of drug-likeness (QED) is 0.482. The maximum absolute atomic E-state index is 11.0. The lowest BCUT2D eigenvalue weighted by molar-refractivity contribution is -0.384. The number of azo groups is 1. The van der Waals surface area contributed by atoms with E-state index < -0.39 is 10.6 Å². The normalized spacial score (nSPS) is 11.0. The van der Waals surface area contributed by atoms with Gasteiger partial charge in [0.2, 0.25) is 0 Å². The molecule has 0 unspecified atom stereocenters. The minimum absolute atomic E-state index is 0.0214. The van der Waals surface area contributed by atoms with Crippen molar-refractivity contribution in [1.82, 2.24) is 0 Å². The molecule has 0 atom stereocenters. The molecule has 2 N–H and O–H groups in total. The molecule has 0 fully saturated rings. The molecule has 0 saturated carbocycles. The van der Waals surface area contributed by atoms with E-state index in [-0.39, 0.29) is 32.9 Å². The van der Waals surface area contributed by atoms with E-state index in [2.05, 4.69) is 10.2 Å². The fourth-order valence-corrected chi connectivity index (χ4v) is 2.01. The number of nitrogens with zero attached hydrogens (tertiary/aromatic N) is 3. The van der Waals surface area contributed by atoms with Crippen molar-refractivity contribution in [3.63, 3.8) is 0 Å². The van der Waals surface area contributed by atoms with Crippen molar-refractivity contribution in [2.45, 2.75) is 0 Å². The Hall–Kier alpha value is -2.38. The highest BCUT2D eigenvalue weighted by Crippen LogP contribution is 2.39. The summed E-state index contributed by atoms with van der Waals surface area (Å²) in [6.45, 7) is 0. The summed E-state index contributed by atoms with van der Waals surface area (Å²) < 4.78 is 0. The van der Waals surface area contributed by atoms with Gasteiger partial charge < -0.3 is 10.2 Å². The Morgan fingerprint density at radius 1 is 1.10 bits per heavy atom. The first-order chi connectivity index (χ1) is 9.88. The van der Waals surface area contributed by atoms with Gasteiger partial charge in [-0.15, -0.1) is 10.2 Å². The Bertz CT molecular complexity index is 750. The lowest BCUT2D eigenvalue weighted by Gasteiger charge is -2.01. The molecule has 0 radical (unpaired) electrons. The standard InChI is InChI=1S/C12H7Cl2N3O4/c13-6-3-8(14)12(10(4-6)17(20)21)16-15-9-2-1-7(18)5-11(9)19/h1-5,18-19H. The number of halogens is 2. The summed E-state index contributed by atoms with van der Waals surface area (Å²) in [6.07, 6.45) is 0. The number of phenols is 2. The molecular weight excluding hydrogens is 321 g/mol. The van der Waals surface area contributed by atoms with Crippen LogP contribution in [0.3, 0.4) is 0 Å². The van der Waals surface area contributed by atoms with E-state index in [1.165, 1.54) is 18.2 Å². The van der Waals surface area contributed by atoms with Crippen LogP contribution in [0.2, 0.25) is 10.0 Å². The van der Waals surface area contributed by atoms with E-state index in [0.29, 0.717) is 0 Å². The molecule has 2 rings (SSSR count). The second-order valence-electron chi connectivity index (χ2n) is 3.89. The smallest absolute Gasteiger partial charge is 0.299 e. The maximum Gasteiger partial charge on any atom is 0.299 e. The maximum atomic E-state index is 11.0. The second kappa shape index (κ2) is 5.94. The van der Waals surface area contributed by atoms with Crippen molar-refractivity contribution in [3.05, 3.63) is 50.5 Å². The van der Waals surface area contributed by atoms with Crippen LogP contribution in [0.4, 0.5) is 17.1 Å². The zero-order valence-corrected chi connectivity index (χ0v) is 11.7. The van der Waals surface area contributed by atoms with Crippen molar-refractivity contribution in [2.24, 2.45) is 10.2 Å². The number of rotatable bonds is 3. The Morgan fingerprint density at radius 3 is 2.43 bits per heavy atom. The molecule has 9 heteroatoms. The molecule has 0 heterocycles. The monoisotopic (exact) mass is 327 g/mol. The van der Waals surface area contributed by atoms with Crippen LogP contribution in [0.25, 0.3) is 0 Å². The summed E-state index contributed by atoms with van der Waals surface area (Å²) >= 11 is 11.6. The minimum Gasteiger partial charge on any atom is -0.508 e. The summed E-state index contributed by atoms with van der Waals surface area (Å²) in [5.41, 5.74) is -0.568. The molecule has 2 aromatic rings. The first-order valence-corrected chi connectivity index (χ1v) is 6.21.